The lowest BCUT2D eigenvalue weighted by Gasteiger charge is -2.20. The average Bonchev–Trinajstić information content (AvgIpc) is 2.97. The number of rotatable bonds is 4. The SMILES string of the molecule is COC(=O)c1cc(O)cc(C(=O)N(C)C[C@H]2CCOC2)c1. The second-order valence-corrected chi connectivity index (χ2v) is 5.18. The third-order valence-electron chi connectivity index (χ3n) is 3.49. The number of aromatic hydroxyl groups is 1. The molecule has 0 spiro atoms. The second kappa shape index (κ2) is 6.58. The molecule has 114 valence electrons. The normalized spacial score (nSPS) is 17.5. The number of nitrogens with zero attached hydrogens (tertiary/aromatic N) is 1. The van der Waals surface area contributed by atoms with Gasteiger partial charge < -0.3 is 19.5 Å². The number of amides is 1. The molecule has 1 aliphatic rings. The summed E-state index contributed by atoms with van der Waals surface area (Å²) in [5.74, 6) is -0.648. The van der Waals surface area contributed by atoms with Crippen LogP contribution in [0, 0.1) is 5.92 Å². The highest BCUT2D eigenvalue weighted by Gasteiger charge is 2.22. The van der Waals surface area contributed by atoms with Crippen molar-refractivity contribution in [1.29, 1.82) is 0 Å². The first-order valence-corrected chi connectivity index (χ1v) is 6.77. The van der Waals surface area contributed by atoms with Crippen LogP contribution in [0.4, 0.5) is 0 Å². The maximum Gasteiger partial charge on any atom is 0.338 e. The fourth-order valence-corrected chi connectivity index (χ4v) is 2.39. The van der Waals surface area contributed by atoms with Gasteiger partial charge in [0.15, 0.2) is 0 Å². The van der Waals surface area contributed by atoms with Gasteiger partial charge >= 0.3 is 5.97 Å². The van der Waals surface area contributed by atoms with Gasteiger partial charge in [0.2, 0.25) is 0 Å². The number of carbonyl (C=O) groups excluding carboxylic acids is 2. The van der Waals surface area contributed by atoms with E-state index in [0.29, 0.717) is 19.1 Å². The summed E-state index contributed by atoms with van der Waals surface area (Å²) in [6.07, 6.45) is 0.936. The first-order valence-electron chi connectivity index (χ1n) is 6.77. The molecule has 1 aromatic rings. The quantitative estimate of drug-likeness (QED) is 0.846. The Hall–Kier alpha value is -2.08. The molecule has 6 nitrogen and oxygen atoms in total. The average molecular weight is 293 g/mol. The highest BCUT2D eigenvalue weighted by atomic mass is 16.5. The van der Waals surface area contributed by atoms with Crippen LogP contribution in [-0.2, 0) is 9.47 Å². The lowest BCUT2D eigenvalue weighted by Crippen LogP contribution is -2.32. The van der Waals surface area contributed by atoms with Crippen molar-refractivity contribution < 1.29 is 24.2 Å². The van der Waals surface area contributed by atoms with Crippen LogP contribution in [0.15, 0.2) is 18.2 Å². The number of carbonyl (C=O) groups is 2. The maximum absolute atomic E-state index is 12.4. The van der Waals surface area contributed by atoms with E-state index in [-0.39, 0.29) is 22.8 Å². The predicted octanol–water partition coefficient (Wildman–Crippen LogP) is 1.29. The molecule has 1 atom stereocenters. The second-order valence-electron chi connectivity index (χ2n) is 5.18. The first-order chi connectivity index (χ1) is 10.0. The van der Waals surface area contributed by atoms with Crippen LogP contribution in [0.25, 0.3) is 0 Å². The van der Waals surface area contributed by atoms with E-state index >= 15 is 0 Å². The fourth-order valence-electron chi connectivity index (χ4n) is 2.39. The predicted molar refractivity (Wildman–Crippen MR) is 75.3 cm³/mol. The van der Waals surface area contributed by atoms with Gasteiger partial charge in [-0.15, -0.1) is 0 Å². The molecule has 1 saturated heterocycles. The Labute approximate surface area is 123 Å². The van der Waals surface area contributed by atoms with Crippen molar-refractivity contribution in [2.24, 2.45) is 5.92 Å². The van der Waals surface area contributed by atoms with Crippen molar-refractivity contribution >= 4 is 11.9 Å². The topological polar surface area (TPSA) is 76.1 Å². The maximum atomic E-state index is 12.4. The van der Waals surface area contributed by atoms with E-state index in [1.54, 1.807) is 11.9 Å². The molecular formula is C15H19NO5. The molecule has 0 radical (unpaired) electrons. The summed E-state index contributed by atoms with van der Waals surface area (Å²) in [5.41, 5.74) is 0.412. The van der Waals surface area contributed by atoms with Crippen molar-refractivity contribution in [3.63, 3.8) is 0 Å². The van der Waals surface area contributed by atoms with E-state index in [4.69, 9.17) is 4.74 Å². The summed E-state index contributed by atoms with van der Waals surface area (Å²) in [4.78, 5) is 25.5. The summed E-state index contributed by atoms with van der Waals surface area (Å²) in [7, 11) is 2.95. The number of methoxy groups -OCH3 is 1. The smallest absolute Gasteiger partial charge is 0.338 e. The summed E-state index contributed by atoms with van der Waals surface area (Å²) in [5, 5.41) is 9.65. The zero-order valence-electron chi connectivity index (χ0n) is 12.2. The number of benzene rings is 1. The minimum atomic E-state index is -0.591. The highest BCUT2D eigenvalue weighted by molar-refractivity contribution is 5.98. The van der Waals surface area contributed by atoms with Crippen molar-refractivity contribution in [3.05, 3.63) is 29.3 Å². The van der Waals surface area contributed by atoms with Gasteiger partial charge in [-0.2, -0.15) is 0 Å². The third kappa shape index (κ3) is 3.72. The zero-order chi connectivity index (χ0) is 15.4. The lowest BCUT2D eigenvalue weighted by molar-refractivity contribution is 0.0600. The number of esters is 1. The molecule has 0 bridgehead atoms. The molecule has 1 heterocycles. The van der Waals surface area contributed by atoms with E-state index in [2.05, 4.69) is 4.74 Å². The lowest BCUT2D eigenvalue weighted by atomic mass is 10.1. The van der Waals surface area contributed by atoms with E-state index in [0.717, 1.165) is 13.0 Å². The van der Waals surface area contributed by atoms with Crippen LogP contribution in [0.5, 0.6) is 5.75 Å². The van der Waals surface area contributed by atoms with Crippen LogP contribution >= 0.6 is 0 Å². The molecule has 6 heteroatoms. The zero-order valence-corrected chi connectivity index (χ0v) is 12.2. The molecule has 1 N–H and O–H groups in total. The minimum Gasteiger partial charge on any atom is -0.508 e. The van der Waals surface area contributed by atoms with Crippen LogP contribution in [0.3, 0.4) is 0 Å². The minimum absolute atomic E-state index is 0.140. The third-order valence-corrected chi connectivity index (χ3v) is 3.49. The van der Waals surface area contributed by atoms with Gasteiger partial charge in [0, 0.05) is 31.7 Å². The Kier molecular flexibility index (Phi) is 4.80. The molecule has 0 unspecified atom stereocenters. The standard InChI is InChI=1S/C15H19NO5/c1-16(8-10-3-4-21-9-10)14(18)11-5-12(15(19)20-2)7-13(17)6-11/h5-7,10,17H,3-4,8-9H2,1-2H3/t10-/m1/s1. The molecule has 21 heavy (non-hydrogen) atoms. The summed E-state index contributed by atoms with van der Waals surface area (Å²) < 4.78 is 9.89. The van der Waals surface area contributed by atoms with Gasteiger partial charge in [0.05, 0.1) is 19.3 Å². The molecule has 1 fully saturated rings. The molecular weight excluding hydrogens is 274 g/mol. The van der Waals surface area contributed by atoms with Gasteiger partial charge in [-0.1, -0.05) is 0 Å². The summed E-state index contributed by atoms with van der Waals surface area (Å²) in [6.45, 7) is 1.97. The molecule has 0 aromatic heterocycles. The fraction of sp³-hybridized carbons (Fsp3) is 0.467. The number of phenols is 1. The van der Waals surface area contributed by atoms with Crippen molar-refractivity contribution in [2.75, 3.05) is 33.9 Å². The number of hydrogen-bond donors (Lipinski definition) is 1. The van der Waals surface area contributed by atoms with Gasteiger partial charge in [-0.05, 0) is 24.6 Å². The van der Waals surface area contributed by atoms with Gasteiger partial charge in [-0.25, -0.2) is 4.79 Å². The molecule has 1 amide bonds. The molecule has 1 aliphatic heterocycles. The number of hydrogen-bond acceptors (Lipinski definition) is 5. The Bertz CT molecular complexity index is 537. The molecule has 0 saturated carbocycles. The number of phenolic OH excluding ortho intramolecular Hbond substituents is 1. The van der Waals surface area contributed by atoms with Crippen LogP contribution in [-0.4, -0.2) is 55.8 Å². The van der Waals surface area contributed by atoms with Gasteiger partial charge in [0.25, 0.3) is 5.91 Å². The molecule has 0 aliphatic carbocycles. The van der Waals surface area contributed by atoms with Crippen molar-refractivity contribution in [3.8, 4) is 5.75 Å². The Morgan fingerprint density at radius 3 is 2.71 bits per heavy atom. The summed E-state index contributed by atoms with van der Waals surface area (Å²) >= 11 is 0. The van der Waals surface area contributed by atoms with Crippen LogP contribution in [0.2, 0.25) is 0 Å². The monoisotopic (exact) mass is 293 g/mol. The van der Waals surface area contributed by atoms with Crippen molar-refractivity contribution in [2.45, 2.75) is 6.42 Å². The summed E-state index contributed by atoms with van der Waals surface area (Å²) in [6, 6.07) is 4.04. The van der Waals surface area contributed by atoms with Crippen LogP contribution < -0.4 is 0 Å². The van der Waals surface area contributed by atoms with Gasteiger partial charge in [0.1, 0.15) is 5.75 Å². The Morgan fingerprint density at radius 2 is 2.10 bits per heavy atom. The number of ether oxygens (including phenoxy) is 2. The molecule has 2 rings (SSSR count). The Balaban J connectivity index is 2.13. The first kappa shape index (κ1) is 15.3. The van der Waals surface area contributed by atoms with Crippen molar-refractivity contribution in [1.82, 2.24) is 4.90 Å². The van der Waals surface area contributed by atoms with Gasteiger partial charge in [-0.3, -0.25) is 4.79 Å². The largest absolute Gasteiger partial charge is 0.508 e. The van der Waals surface area contributed by atoms with E-state index in [1.807, 2.05) is 0 Å². The van der Waals surface area contributed by atoms with E-state index in [1.165, 1.54) is 25.3 Å². The van der Waals surface area contributed by atoms with E-state index < -0.39 is 5.97 Å². The van der Waals surface area contributed by atoms with E-state index in [9.17, 15) is 14.7 Å². The molecule has 1 aromatic carbocycles. The highest BCUT2D eigenvalue weighted by Crippen LogP contribution is 2.19. The Morgan fingerprint density at radius 1 is 1.38 bits per heavy atom. The van der Waals surface area contributed by atoms with Crippen LogP contribution in [0.1, 0.15) is 27.1 Å².